The van der Waals surface area contributed by atoms with Crippen LogP contribution in [-0.2, 0) is 54.6 Å². The van der Waals surface area contributed by atoms with Gasteiger partial charge in [-0.1, -0.05) is 168 Å². The molecule has 12 amide bonds. The molecule has 726 valence electrons. The number of alkyl halides is 3. The van der Waals surface area contributed by atoms with Gasteiger partial charge in [0.2, 0.25) is 35.4 Å². The van der Waals surface area contributed by atoms with Crippen molar-refractivity contribution in [1.29, 1.82) is 0 Å². The topological polar surface area (TPSA) is 279 Å². The average molecular weight is 2130 g/mol. The SMILES string of the molecule is CCNC(=O)N1CCN(C(=O)[C@]2(Sc3ccc(C)cc3)CC(=O)N(Cc3ccc(Br)cc3)[C@H]2c2[nH]nc3cc(Cl)ccc23)CC1.CCNC(=O)N1CCN(C(=O)[C@]2(Sc3ccc(C)cc3)CC(=O)N(Cc3ccc(C(F)(F)F)cc3)[C@H]2c2c[nH]c3cc(Cl)ccc23)CC1.Cc1ccc(S[C@@]2(C(=O)N3CCN(C(=O)NC(C)C)CC3)CC(=O)N(Cc3ccc(Br)cc3)[C@H]2c2c[nH]c3cc(Cl)ccc23)cc1. The molecule has 9 heterocycles. The third-order valence-electron chi connectivity index (χ3n) is 26.1. The summed E-state index contributed by atoms with van der Waals surface area (Å²) in [7, 11) is 0. The molecule has 6 aliphatic heterocycles. The molecule has 0 saturated carbocycles. The Balaban J connectivity index is 0.000000151. The van der Waals surface area contributed by atoms with Crippen molar-refractivity contribution in [3.8, 4) is 0 Å². The number of piperazine rings is 3. The number of fused-ring (bicyclic) bond motifs is 3. The van der Waals surface area contributed by atoms with Crippen LogP contribution in [0.3, 0.4) is 0 Å². The lowest BCUT2D eigenvalue weighted by molar-refractivity contribution is -0.138. The molecule has 6 saturated heterocycles. The number of halogens is 8. The molecule has 6 fully saturated rings. The highest BCUT2D eigenvalue weighted by Gasteiger charge is 2.64. The largest absolute Gasteiger partial charge is 0.416 e. The van der Waals surface area contributed by atoms with E-state index in [-0.39, 0.29) is 98.5 Å². The lowest BCUT2D eigenvalue weighted by Crippen LogP contribution is -2.58. The number of rotatable bonds is 21. The van der Waals surface area contributed by atoms with Crippen molar-refractivity contribution in [3.63, 3.8) is 0 Å². The second kappa shape index (κ2) is 43.1. The first-order chi connectivity index (χ1) is 66.6. The quantitative estimate of drug-likeness (QED) is 0.0391. The van der Waals surface area contributed by atoms with Crippen molar-refractivity contribution in [2.24, 2.45) is 0 Å². The van der Waals surface area contributed by atoms with Crippen LogP contribution in [0.1, 0.15) is 121 Å². The molecule has 0 radical (unpaired) electrons. The van der Waals surface area contributed by atoms with Crippen LogP contribution in [0.15, 0.2) is 236 Å². The third kappa shape index (κ3) is 22.1. The summed E-state index contributed by atoms with van der Waals surface area (Å²) in [5, 5.41) is 20.6. The number of thioether (sulfide) groups is 3. The zero-order chi connectivity index (χ0) is 98.5. The molecule has 0 unspecified atom stereocenters. The van der Waals surface area contributed by atoms with Crippen LogP contribution >= 0.6 is 102 Å². The summed E-state index contributed by atoms with van der Waals surface area (Å²) in [5.41, 5.74) is 9.40. The Morgan fingerprint density at radius 2 is 0.748 bits per heavy atom. The maximum Gasteiger partial charge on any atom is 0.416 e. The second-order valence-corrected chi connectivity index (χ2v) is 43.3. The van der Waals surface area contributed by atoms with Crippen LogP contribution in [-0.4, -0.2) is 230 Å². The van der Waals surface area contributed by atoms with E-state index in [1.165, 1.54) is 47.4 Å². The van der Waals surface area contributed by atoms with Crippen LogP contribution in [0.2, 0.25) is 15.1 Å². The van der Waals surface area contributed by atoms with Gasteiger partial charge in [-0.05, 0) is 180 Å². The molecule has 9 aromatic carbocycles. The van der Waals surface area contributed by atoms with Gasteiger partial charge in [0, 0.05) is 207 Å². The van der Waals surface area contributed by atoms with Crippen LogP contribution < -0.4 is 16.0 Å². The normalized spacial score (nSPS) is 20.2. The van der Waals surface area contributed by atoms with Crippen LogP contribution in [0, 0.1) is 20.8 Å². The number of aromatic amines is 3. The first-order valence-corrected chi connectivity index (χ1v) is 51.2. The molecule has 3 aromatic heterocycles. The molecule has 0 aliphatic carbocycles. The molecule has 0 spiro atoms. The van der Waals surface area contributed by atoms with Crippen molar-refractivity contribution >= 4 is 188 Å². The van der Waals surface area contributed by atoms with Crippen molar-refractivity contribution < 1.29 is 56.3 Å². The zero-order valence-electron chi connectivity index (χ0n) is 77.6. The maximum atomic E-state index is 15.1. The van der Waals surface area contributed by atoms with E-state index in [1.807, 2.05) is 226 Å². The fraction of sp³-hybridized carbons (Fsp3) is 0.340. The summed E-state index contributed by atoms with van der Waals surface area (Å²) >= 11 is 30.3. The predicted octanol–water partition coefficient (Wildman–Crippen LogP) is 20.4. The van der Waals surface area contributed by atoms with E-state index in [2.05, 4.69) is 68.0 Å². The Kier molecular flexibility index (Phi) is 31.3. The van der Waals surface area contributed by atoms with E-state index < -0.39 is 44.1 Å². The van der Waals surface area contributed by atoms with Gasteiger partial charge in [-0.15, -0.1) is 35.3 Å². The number of likely N-dealkylation sites (tertiary alicyclic amines) is 3. The van der Waals surface area contributed by atoms with Crippen molar-refractivity contribution in [2.45, 2.75) is 147 Å². The molecule has 139 heavy (non-hydrogen) atoms. The molecule has 12 aromatic rings. The lowest BCUT2D eigenvalue weighted by Gasteiger charge is -2.42. The van der Waals surface area contributed by atoms with Gasteiger partial charge in [0.05, 0.1) is 54.2 Å². The number of nitrogens with zero attached hydrogens (tertiary/aromatic N) is 10. The minimum atomic E-state index is -4.50. The van der Waals surface area contributed by atoms with E-state index in [4.69, 9.17) is 34.8 Å². The summed E-state index contributed by atoms with van der Waals surface area (Å²) in [4.78, 5) is 151. The Labute approximate surface area is 848 Å². The number of urea groups is 3. The van der Waals surface area contributed by atoms with Gasteiger partial charge in [-0.3, -0.25) is 33.9 Å². The molecule has 25 nitrogen and oxygen atoms in total. The maximum absolute atomic E-state index is 15.1. The van der Waals surface area contributed by atoms with Crippen molar-refractivity contribution in [1.82, 2.24) is 80.2 Å². The van der Waals surface area contributed by atoms with E-state index in [1.54, 1.807) is 55.0 Å². The highest BCUT2D eigenvalue weighted by molar-refractivity contribution is 9.10. The summed E-state index contributed by atoms with van der Waals surface area (Å²) < 4.78 is 38.3. The summed E-state index contributed by atoms with van der Waals surface area (Å²) in [5.74, 6) is -0.955. The highest BCUT2D eigenvalue weighted by Crippen LogP contribution is 2.59. The number of carbonyl (C=O) groups excluding carboxylic acids is 9. The van der Waals surface area contributed by atoms with Crippen LogP contribution in [0.5, 0.6) is 0 Å². The highest BCUT2D eigenvalue weighted by atomic mass is 79.9. The first-order valence-electron chi connectivity index (χ1n) is 46.1. The minimum Gasteiger partial charge on any atom is -0.361 e. The summed E-state index contributed by atoms with van der Waals surface area (Å²) in [6.45, 7) is 19.7. The van der Waals surface area contributed by atoms with Gasteiger partial charge in [0.1, 0.15) is 14.2 Å². The number of nitrogens with one attached hydrogen (secondary N) is 6. The molecule has 0 bridgehead atoms. The molecule has 6 N–H and O–H groups in total. The number of H-pyrrole nitrogens is 3. The molecule has 36 heteroatoms. The molecule has 18 rings (SSSR count). The molecule has 6 atom stereocenters. The lowest BCUT2D eigenvalue weighted by atomic mass is 9.90. The van der Waals surface area contributed by atoms with Crippen molar-refractivity contribution in [2.75, 3.05) is 91.6 Å². The number of aromatic nitrogens is 4. The van der Waals surface area contributed by atoms with Gasteiger partial charge in [-0.25, -0.2) is 14.4 Å². The monoisotopic (exact) mass is 2130 g/mol. The average Bonchev–Trinajstić information content (AvgIpc) is 1.57. The minimum absolute atomic E-state index is 0.00362. The fourth-order valence-corrected chi connectivity index (χ4v) is 24.6. The Morgan fingerprint density at radius 1 is 0.432 bits per heavy atom. The number of hydrogen-bond acceptors (Lipinski definition) is 13. The number of hydrogen-bond donors (Lipinski definition) is 6. The van der Waals surface area contributed by atoms with Gasteiger partial charge in [-0.2, -0.15) is 18.3 Å². The number of carbonyl (C=O) groups is 9. The third-order valence-corrected chi connectivity index (χ3v) is 32.1. The van der Waals surface area contributed by atoms with Crippen molar-refractivity contribution in [3.05, 3.63) is 292 Å². The fourth-order valence-electron chi connectivity index (χ4n) is 19.1. The van der Waals surface area contributed by atoms with E-state index in [0.29, 0.717) is 129 Å². The van der Waals surface area contributed by atoms with Gasteiger partial charge in [0.15, 0.2) is 0 Å². The standard InChI is InChI=1S/C35H37BrClN5O3S.C35H35ClF3N5O3S.C33H34BrClN6O3S/c1-22(2)39-34(45)41-16-14-40(15-17-41)33(44)35(46-27-11-4-23(3)5-12-27)19-31(43)42(21-24-6-8-25(36)9-7-24)32(35)29-20-38-30-18-26(37)10-13-28(29)30;1-3-40-33(47)43-16-14-42(15-17-43)32(46)34(48-26-11-4-22(2)5-12-26)19-30(45)44(21-23-6-8-24(9-7-23)35(37,38)39)31(34)28-20-41-29-18-25(36)10-13-27(28)29;1-3-36-32(44)40-16-14-39(15-17-40)31(43)33(45-25-11-4-21(2)5-12-25)19-28(42)41(20-22-6-8-23(34)9-7-22)30(33)29-26-13-10-24(35)18-27(26)37-38-29/h4-13,18,20,22,32,38H,14-17,19,21H2,1-3H3,(H,39,45);4-13,18,20,31,41H,3,14-17,19,21H2,1-2H3,(H,40,47);4-13,18,30H,3,14-17,19-20H2,1-2H3,(H,36,44)(H,37,38)/t32-,35-;31-,34-;30-,33-/m000/s1. The van der Waals surface area contributed by atoms with Gasteiger partial charge in [0.25, 0.3) is 0 Å². The molecular weight excluding hydrogens is 2020 g/mol. The number of amides is 12. The molecule has 6 aliphatic rings. The number of aryl methyl sites for hydroxylation is 3. The van der Waals surface area contributed by atoms with E-state index in [0.717, 1.165) is 96.3 Å². The van der Waals surface area contributed by atoms with Crippen LogP contribution in [0.4, 0.5) is 27.6 Å². The Morgan fingerprint density at radius 3 is 1.09 bits per heavy atom. The van der Waals surface area contributed by atoms with E-state index in [9.17, 15) is 41.9 Å². The zero-order valence-corrected chi connectivity index (χ0v) is 85.4. The smallest absolute Gasteiger partial charge is 0.361 e. The predicted molar refractivity (Wildman–Crippen MR) is 547 cm³/mol. The number of benzene rings is 9. The summed E-state index contributed by atoms with van der Waals surface area (Å²) in [6.07, 6.45) is -0.870. The Hall–Kier alpha value is -11.2. The van der Waals surface area contributed by atoms with Crippen LogP contribution in [0.25, 0.3) is 32.7 Å². The Bertz CT molecular complexity index is 6550. The van der Waals surface area contributed by atoms with Gasteiger partial charge < -0.3 is 70.0 Å². The van der Waals surface area contributed by atoms with Gasteiger partial charge >= 0.3 is 24.3 Å². The molecular formula is C103H106Br2Cl3F3N16O9S3. The summed E-state index contributed by atoms with van der Waals surface area (Å²) in [6, 6.07) is 58.5. The van der Waals surface area contributed by atoms with E-state index >= 15 is 14.4 Å². The first kappa shape index (κ1) is 101. The second-order valence-electron chi connectivity index (χ2n) is 35.9.